The highest BCUT2D eigenvalue weighted by molar-refractivity contribution is 5.76. The molecule has 1 aliphatic rings. The van der Waals surface area contributed by atoms with Gasteiger partial charge in [-0.05, 0) is 11.8 Å². The van der Waals surface area contributed by atoms with Crippen molar-refractivity contribution in [3.8, 4) is 0 Å². The molecule has 0 saturated carbocycles. The van der Waals surface area contributed by atoms with E-state index in [9.17, 15) is 4.79 Å². The molecule has 0 radical (unpaired) electrons. The summed E-state index contributed by atoms with van der Waals surface area (Å²) in [7, 11) is 0. The molecule has 1 fully saturated rings. The Morgan fingerprint density at radius 1 is 1.31 bits per heavy atom. The van der Waals surface area contributed by atoms with Crippen molar-refractivity contribution in [3.63, 3.8) is 0 Å². The lowest BCUT2D eigenvalue weighted by Gasteiger charge is -2.24. The SMILES string of the molecule is CCCCCC(C)C(C)CN1CCNC1=O. The van der Waals surface area contributed by atoms with E-state index in [1.54, 1.807) is 0 Å². The molecule has 2 atom stereocenters. The molecule has 0 aromatic heterocycles. The van der Waals surface area contributed by atoms with Crippen LogP contribution in [-0.2, 0) is 0 Å². The molecule has 3 heteroatoms. The number of unbranched alkanes of at least 4 members (excludes halogenated alkanes) is 2. The Labute approximate surface area is 99.6 Å². The Bertz CT molecular complexity index is 218. The quantitative estimate of drug-likeness (QED) is 0.665. The second kappa shape index (κ2) is 6.77. The number of hydrogen-bond donors (Lipinski definition) is 1. The van der Waals surface area contributed by atoms with Crippen molar-refractivity contribution in [2.45, 2.75) is 46.5 Å². The van der Waals surface area contributed by atoms with Crippen molar-refractivity contribution in [2.24, 2.45) is 11.8 Å². The van der Waals surface area contributed by atoms with Gasteiger partial charge in [-0.25, -0.2) is 4.79 Å². The molecule has 0 aromatic rings. The van der Waals surface area contributed by atoms with Crippen LogP contribution in [0.2, 0.25) is 0 Å². The summed E-state index contributed by atoms with van der Waals surface area (Å²) in [6, 6.07) is 0.118. The number of carbonyl (C=O) groups excluding carboxylic acids is 1. The molecule has 2 amide bonds. The number of urea groups is 1. The summed E-state index contributed by atoms with van der Waals surface area (Å²) < 4.78 is 0. The Hall–Kier alpha value is -0.730. The average Bonchev–Trinajstić information content (AvgIpc) is 2.64. The van der Waals surface area contributed by atoms with Crippen LogP contribution in [0.4, 0.5) is 4.79 Å². The second-order valence-corrected chi connectivity index (χ2v) is 5.13. The molecule has 0 aliphatic carbocycles. The zero-order valence-electron chi connectivity index (χ0n) is 11.0. The normalized spacial score (nSPS) is 19.7. The summed E-state index contributed by atoms with van der Waals surface area (Å²) in [5, 5.41) is 2.85. The van der Waals surface area contributed by atoms with Gasteiger partial charge in [0.2, 0.25) is 0 Å². The van der Waals surface area contributed by atoms with Gasteiger partial charge in [-0.15, -0.1) is 0 Å². The van der Waals surface area contributed by atoms with Crippen LogP contribution in [-0.4, -0.2) is 30.6 Å². The van der Waals surface area contributed by atoms with Gasteiger partial charge < -0.3 is 10.2 Å². The number of nitrogens with zero attached hydrogens (tertiary/aromatic N) is 1. The molecule has 1 heterocycles. The van der Waals surface area contributed by atoms with Crippen molar-refractivity contribution in [3.05, 3.63) is 0 Å². The van der Waals surface area contributed by atoms with Crippen molar-refractivity contribution in [2.75, 3.05) is 19.6 Å². The van der Waals surface area contributed by atoms with E-state index in [4.69, 9.17) is 0 Å². The van der Waals surface area contributed by atoms with Gasteiger partial charge in [0.1, 0.15) is 0 Å². The summed E-state index contributed by atoms with van der Waals surface area (Å²) in [5.41, 5.74) is 0. The molecular weight excluding hydrogens is 200 g/mol. The summed E-state index contributed by atoms with van der Waals surface area (Å²) in [5.74, 6) is 1.33. The molecular formula is C13H26N2O. The zero-order valence-corrected chi connectivity index (χ0v) is 11.0. The minimum absolute atomic E-state index is 0.118. The van der Waals surface area contributed by atoms with Gasteiger partial charge in [-0.1, -0.05) is 46.5 Å². The van der Waals surface area contributed by atoms with Gasteiger partial charge in [0.05, 0.1) is 0 Å². The van der Waals surface area contributed by atoms with Crippen LogP contribution in [0.3, 0.4) is 0 Å². The number of amides is 2. The zero-order chi connectivity index (χ0) is 12.0. The van der Waals surface area contributed by atoms with Crippen LogP contribution in [0.25, 0.3) is 0 Å². The molecule has 0 aromatic carbocycles. The lowest BCUT2D eigenvalue weighted by Crippen LogP contribution is -2.33. The van der Waals surface area contributed by atoms with E-state index in [0.29, 0.717) is 5.92 Å². The smallest absolute Gasteiger partial charge is 0.317 e. The summed E-state index contributed by atoms with van der Waals surface area (Å²) in [4.78, 5) is 13.4. The molecule has 1 N–H and O–H groups in total. The van der Waals surface area contributed by atoms with E-state index >= 15 is 0 Å². The first-order valence-corrected chi connectivity index (χ1v) is 6.68. The fraction of sp³-hybridized carbons (Fsp3) is 0.923. The van der Waals surface area contributed by atoms with Gasteiger partial charge >= 0.3 is 6.03 Å². The van der Waals surface area contributed by atoms with Crippen LogP contribution < -0.4 is 5.32 Å². The largest absolute Gasteiger partial charge is 0.336 e. The third-order valence-electron chi connectivity index (χ3n) is 3.69. The summed E-state index contributed by atoms with van der Waals surface area (Å²) in [6.45, 7) is 9.43. The maximum Gasteiger partial charge on any atom is 0.317 e. The fourth-order valence-corrected chi connectivity index (χ4v) is 2.21. The predicted octanol–water partition coefficient (Wildman–Crippen LogP) is 2.86. The lowest BCUT2D eigenvalue weighted by molar-refractivity contribution is 0.199. The summed E-state index contributed by atoms with van der Waals surface area (Å²) in [6.07, 6.45) is 5.25. The maximum absolute atomic E-state index is 11.4. The van der Waals surface area contributed by atoms with Gasteiger partial charge in [-0.2, -0.15) is 0 Å². The molecule has 0 spiro atoms. The summed E-state index contributed by atoms with van der Waals surface area (Å²) >= 11 is 0. The topological polar surface area (TPSA) is 32.3 Å². The van der Waals surface area contributed by atoms with E-state index in [2.05, 4.69) is 26.1 Å². The predicted molar refractivity (Wildman–Crippen MR) is 67.4 cm³/mol. The van der Waals surface area contributed by atoms with Gasteiger partial charge in [0.25, 0.3) is 0 Å². The van der Waals surface area contributed by atoms with Gasteiger partial charge in [0, 0.05) is 19.6 Å². The Kier molecular flexibility index (Phi) is 5.64. The van der Waals surface area contributed by atoms with Crippen LogP contribution in [0.5, 0.6) is 0 Å². The molecule has 1 aliphatic heterocycles. The van der Waals surface area contributed by atoms with Gasteiger partial charge in [-0.3, -0.25) is 0 Å². The molecule has 94 valence electrons. The van der Waals surface area contributed by atoms with E-state index in [0.717, 1.165) is 25.6 Å². The molecule has 2 unspecified atom stereocenters. The third kappa shape index (κ3) is 4.03. The highest BCUT2D eigenvalue weighted by atomic mass is 16.2. The molecule has 0 bridgehead atoms. The molecule has 1 saturated heterocycles. The molecule has 1 rings (SSSR count). The number of carbonyl (C=O) groups is 1. The minimum atomic E-state index is 0.118. The highest BCUT2D eigenvalue weighted by Crippen LogP contribution is 2.20. The van der Waals surface area contributed by atoms with E-state index in [1.165, 1.54) is 25.7 Å². The first kappa shape index (κ1) is 13.3. The van der Waals surface area contributed by atoms with Crippen molar-refractivity contribution >= 4 is 6.03 Å². The number of hydrogen-bond acceptors (Lipinski definition) is 1. The first-order chi connectivity index (χ1) is 7.65. The maximum atomic E-state index is 11.4. The average molecular weight is 226 g/mol. The fourth-order valence-electron chi connectivity index (χ4n) is 2.21. The standard InChI is InChI=1S/C13H26N2O/c1-4-5-6-7-11(2)12(3)10-15-9-8-14-13(15)16/h11-12H,4-10H2,1-3H3,(H,14,16). The Morgan fingerprint density at radius 2 is 2.06 bits per heavy atom. The van der Waals surface area contributed by atoms with Crippen LogP contribution in [0, 0.1) is 11.8 Å². The van der Waals surface area contributed by atoms with E-state index in [1.807, 2.05) is 4.90 Å². The first-order valence-electron chi connectivity index (χ1n) is 6.68. The van der Waals surface area contributed by atoms with Crippen molar-refractivity contribution < 1.29 is 4.79 Å². The Balaban J connectivity index is 2.22. The third-order valence-corrected chi connectivity index (χ3v) is 3.69. The number of nitrogens with one attached hydrogen (secondary N) is 1. The lowest BCUT2D eigenvalue weighted by atomic mass is 9.90. The van der Waals surface area contributed by atoms with Crippen molar-refractivity contribution in [1.82, 2.24) is 10.2 Å². The van der Waals surface area contributed by atoms with Crippen molar-refractivity contribution in [1.29, 1.82) is 0 Å². The highest BCUT2D eigenvalue weighted by Gasteiger charge is 2.23. The van der Waals surface area contributed by atoms with Crippen LogP contribution in [0.1, 0.15) is 46.5 Å². The van der Waals surface area contributed by atoms with E-state index in [-0.39, 0.29) is 6.03 Å². The molecule has 16 heavy (non-hydrogen) atoms. The molecule has 3 nitrogen and oxygen atoms in total. The second-order valence-electron chi connectivity index (χ2n) is 5.13. The van der Waals surface area contributed by atoms with Crippen LogP contribution >= 0.6 is 0 Å². The minimum Gasteiger partial charge on any atom is -0.336 e. The number of rotatable bonds is 7. The van der Waals surface area contributed by atoms with E-state index < -0.39 is 0 Å². The monoisotopic (exact) mass is 226 g/mol. The van der Waals surface area contributed by atoms with Crippen LogP contribution in [0.15, 0.2) is 0 Å². The Morgan fingerprint density at radius 3 is 2.62 bits per heavy atom. The van der Waals surface area contributed by atoms with Gasteiger partial charge in [0.15, 0.2) is 0 Å².